The van der Waals surface area contributed by atoms with E-state index in [4.69, 9.17) is 14.7 Å². The zero-order valence-electron chi connectivity index (χ0n) is 48.4. The lowest BCUT2D eigenvalue weighted by molar-refractivity contribution is 0.0693. The molecule has 0 saturated heterocycles. The van der Waals surface area contributed by atoms with Gasteiger partial charge in [0.15, 0.2) is 11.5 Å². The molecule has 0 fully saturated rings. The summed E-state index contributed by atoms with van der Waals surface area (Å²) in [6, 6.07) is 57.7. The number of carbonyl (C=O) groups is 2. The van der Waals surface area contributed by atoms with Crippen LogP contribution in [0.25, 0.3) is 44.5 Å². The Balaban J connectivity index is 1.29. The molecule has 2 N–H and O–H groups in total. The van der Waals surface area contributed by atoms with Gasteiger partial charge in [-0.05, 0) is 120 Å². The van der Waals surface area contributed by atoms with Crippen molar-refractivity contribution in [3.05, 3.63) is 276 Å². The Morgan fingerprint density at radius 3 is 1.59 bits per heavy atom. The third-order valence-electron chi connectivity index (χ3n) is 16.1. The predicted octanol–water partition coefficient (Wildman–Crippen LogP) is 16.2. The van der Waals surface area contributed by atoms with E-state index in [0.29, 0.717) is 50.4 Å². The van der Waals surface area contributed by atoms with Gasteiger partial charge in [-0.3, -0.25) is 4.79 Å². The molecular weight excluding hydrogens is 993 g/mol. The largest absolute Gasteiger partial charge is 0.420 e. The summed E-state index contributed by atoms with van der Waals surface area (Å²) in [5, 5.41) is 5.04. The standard InChI is InChI=1S/C74H68N4O3/c1-71(2,3)48-29-23-44(24-30-48)61-55-37-38-57(75-55)62(45-25-31-49(32-26-45)72(4,5)6)59-42-54(68(79)46-27-33-50(34-28-46)73(7,8)9)65(77-59)67-69(81-70(80)47-21-17-14-18-22-47)64-60(43-19-15-13-16-20-43)53-41-51(74(10,11)12)35-36-52(53)63(66(64)78-67)58-40-39-56(61)76-58/h13-42,76-77H,1-12H3. The smallest absolute Gasteiger partial charge is 0.343 e. The monoisotopic (exact) mass is 1060 g/mol. The zero-order valence-corrected chi connectivity index (χ0v) is 48.4. The van der Waals surface area contributed by atoms with Crippen LogP contribution >= 0.6 is 0 Å². The molecule has 402 valence electrons. The molecule has 0 radical (unpaired) electrons. The SMILES string of the molecule is CC(C)(C)c1ccc(C(=O)c2cc3[nH]c2C2=C(OC(=O)c4ccccc4)c4c(-c5ccccc5)c5cc(C(C)(C)C)ccc5c(c4=N2)=c2ccc([nH]2)=C(c2ccc(C(C)(C)C)cc2)C2=NC(=C3c3ccc(C(C)(C)C)cc3)C=C2)cc1. The first kappa shape index (κ1) is 52.7. The topological polar surface area (TPSA) is 99.7 Å². The molecule has 81 heavy (non-hydrogen) atoms. The molecule has 7 aromatic carbocycles. The number of ether oxygens (including phenoxy) is 1. The van der Waals surface area contributed by atoms with Gasteiger partial charge in [0.25, 0.3) is 0 Å². The highest BCUT2D eigenvalue weighted by Crippen LogP contribution is 2.45. The van der Waals surface area contributed by atoms with Crippen LogP contribution in [0.3, 0.4) is 0 Å². The molecule has 0 unspecified atom stereocenters. The molecule has 8 bridgehead atoms. The maximum Gasteiger partial charge on any atom is 0.343 e. The van der Waals surface area contributed by atoms with E-state index in [1.807, 2.05) is 66.7 Å². The second-order valence-corrected chi connectivity index (χ2v) is 25.9. The van der Waals surface area contributed by atoms with E-state index in [0.717, 1.165) is 76.9 Å². The number of nitrogens with zero attached hydrogens (tertiary/aromatic N) is 2. The van der Waals surface area contributed by atoms with Crippen molar-refractivity contribution in [3.8, 4) is 11.1 Å². The fourth-order valence-electron chi connectivity index (χ4n) is 11.4. The summed E-state index contributed by atoms with van der Waals surface area (Å²) >= 11 is 0. The lowest BCUT2D eigenvalue weighted by atomic mass is 9.83. The van der Waals surface area contributed by atoms with Gasteiger partial charge in [-0.15, -0.1) is 0 Å². The molecule has 3 aliphatic heterocycles. The fourth-order valence-corrected chi connectivity index (χ4v) is 11.4. The van der Waals surface area contributed by atoms with Gasteiger partial charge in [0, 0.05) is 43.9 Å². The Kier molecular flexibility index (Phi) is 12.6. The van der Waals surface area contributed by atoms with E-state index >= 15 is 9.59 Å². The third kappa shape index (κ3) is 9.58. The molecule has 0 saturated carbocycles. The molecule has 5 heterocycles. The first-order chi connectivity index (χ1) is 38.5. The maximum absolute atomic E-state index is 15.8. The average molecular weight is 1060 g/mol. The van der Waals surface area contributed by atoms with Crippen molar-refractivity contribution < 1.29 is 14.3 Å². The molecule has 2 aromatic heterocycles. The van der Waals surface area contributed by atoms with Gasteiger partial charge < -0.3 is 14.7 Å². The minimum Gasteiger partial charge on any atom is -0.420 e. The van der Waals surface area contributed by atoms with E-state index in [2.05, 4.69) is 196 Å². The lowest BCUT2D eigenvalue weighted by Gasteiger charge is -2.22. The Labute approximate surface area is 474 Å². The molecule has 0 spiro atoms. The van der Waals surface area contributed by atoms with Gasteiger partial charge in [0.1, 0.15) is 5.70 Å². The number of hydrogen-bond acceptors (Lipinski definition) is 5. The van der Waals surface area contributed by atoms with Gasteiger partial charge in [0.2, 0.25) is 0 Å². The number of fused-ring (bicyclic) bond motifs is 9. The Hall–Kier alpha value is -8.94. The number of aliphatic imine (C=N–C) groups is 1. The van der Waals surface area contributed by atoms with Gasteiger partial charge in [-0.2, -0.15) is 0 Å². The van der Waals surface area contributed by atoms with Crippen LogP contribution in [0.1, 0.15) is 160 Å². The number of benzene rings is 7. The summed E-state index contributed by atoms with van der Waals surface area (Å²) in [6.07, 6.45) is 4.18. The van der Waals surface area contributed by atoms with Crippen molar-refractivity contribution in [1.29, 1.82) is 0 Å². The van der Waals surface area contributed by atoms with Crippen LogP contribution in [-0.2, 0) is 26.4 Å². The Morgan fingerprint density at radius 1 is 0.457 bits per heavy atom. The van der Waals surface area contributed by atoms with Crippen molar-refractivity contribution in [2.24, 2.45) is 9.98 Å². The van der Waals surface area contributed by atoms with E-state index in [1.165, 1.54) is 11.1 Å². The summed E-state index contributed by atoms with van der Waals surface area (Å²) in [6.45, 7) is 26.5. The third-order valence-corrected chi connectivity index (χ3v) is 16.1. The highest BCUT2D eigenvalue weighted by Gasteiger charge is 2.35. The van der Waals surface area contributed by atoms with Crippen molar-refractivity contribution in [2.45, 2.75) is 105 Å². The number of hydrogen-bond donors (Lipinski definition) is 2. The van der Waals surface area contributed by atoms with Crippen LogP contribution < -0.4 is 10.7 Å². The number of esters is 1. The van der Waals surface area contributed by atoms with Crippen LogP contribution in [0, 0.1) is 10.6 Å². The average Bonchev–Trinajstić information content (AvgIpc) is 4.37. The van der Waals surface area contributed by atoms with Crippen LogP contribution in [0.5, 0.6) is 0 Å². The Morgan fingerprint density at radius 2 is 1.00 bits per heavy atom. The molecule has 12 rings (SSSR count). The van der Waals surface area contributed by atoms with Gasteiger partial charge >= 0.3 is 5.97 Å². The molecule has 0 amide bonds. The van der Waals surface area contributed by atoms with Gasteiger partial charge in [-0.25, -0.2) is 14.8 Å². The lowest BCUT2D eigenvalue weighted by Crippen LogP contribution is -2.17. The van der Waals surface area contributed by atoms with Crippen LogP contribution in [0.15, 0.2) is 198 Å². The summed E-state index contributed by atoms with van der Waals surface area (Å²) in [5.41, 5.74) is 14.3. The van der Waals surface area contributed by atoms with E-state index in [9.17, 15) is 0 Å². The van der Waals surface area contributed by atoms with E-state index < -0.39 is 5.97 Å². The van der Waals surface area contributed by atoms with Crippen LogP contribution in [0.4, 0.5) is 0 Å². The quantitative estimate of drug-likeness (QED) is 0.123. The first-order valence-corrected chi connectivity index (χ1v) is 28.1. The number of allylic oxidation sites excluding steroid dienone is 2. The predicted molar refractivity (Wildman–Crippen MR) is 331 cm³/mol. The molecule has 9 aromatic rings. The highest BCUT2D eigenvalue weighted by atomic mass is 16.5. The summed E-state index contributed by atoms with van der Waals surface area (Å²) in [5.74, 6) is -0.532. The fraction of sp³-hybridized carbons (Fsp3) is 0.216. The molecule has 3 aliphatic rings. The normalized spacial score (nSPS) is 14.3. The van der Waals surface area contributed by atoms with Crippen LogP contribution in [0.2, 0.25) is 0 Å². The molecule has 0 aliphatic carbocycles. The highest BCUT2D eigenvalue weighted by molar-refractivity contribution is 6.30. The maximum atomic E-state index is 15.8. The van der Waals surface area contributed by atoms with Crippen molar-refractivity contribution in [1.82, 2.24) is 9.97 Å². The van der Waals surface area contributed by atoms with Gasteiger partial charge in [0.05, 0.1) is 39.2 Å². The van der Waals surface area contributed by atoms with E-state index in [1.54, 1.807) is 12.1 Å². The minimum atomic E-state index is -0.555. The van der Waals surface area contributed by atoms with E-state index in [-0.39, 0.29) is 33.2 Å². The minimum absolute atomic E-state index is 0.0570. The molecule has 7 heteroatoms. The number of carbonyl (C=O) groups excluding carboxylic acids is 2. The number of nitrogens with one attached hydrogen (secondary N) is 2. The number of rotatable bonds is 7. The van der Waals surface area contributed by atoms with Crippen molar-refractivity contribution >= 4 is 50.8 Å². The molecular formula is C74H68N4O3. The molecule has 0 atom stereocenters. The van der Waals surface area contributed by atoms with Crippen molar-refractivity contribution in [3.63, 3.8) is 0 Å². The summed E-state index contributed by atoms with van der Waals surface area (Å²) < 4.78 is 6.96. The zero-order chi connectivity index (χ0) is 56.9. The number of aromatic nitrogens is 2. The summed E-state index contributed by atoms with van der Waals surface area (Å²) in [7, 11) is 0. The second kappa shape index (κ2) is 19.4. The second-order valence-electron chi connectivity index (χ2n) is 25.9. The number of H-pyrrole nitrogens is 2. The van der Waals surface area contributed by atoms with Crippen LogP contribution in [-0.4, -0.2) is 27.4 Å². The van der Waals surface area contributed by atoms with Gasteiger partial charge in [-0.1, -0.05) is 217 Å². The first-order valence-electron chi connectivity index (χ1n) is 28.1. The Bertz CT molecular complexity index is 4420. The number of ketones is 1. The number of aromatic amines is 2. The van der Waals surface area contributed by atoms with Crippen molar-refractivity contribution in [2.75, 3.05) is 0 Å². The molecule has 7 nitrogen and oxygen atoms in total. The summed E-state index contributed by atoms with van der Waals surface area (Å²) in [4.78, 5) is 50.0.